The number of aryl methyl sites for hydroxylation is 2. The summed E-state index contributed by atoms with van der Waals surface area (Å²) >= 11 is 0. The summed E-state index contributed by atoms with van der Waals surface area (Å²) in [6.07, 6.45) is 0. The second-order valence-corrected chi connectivity index (χ2v) is 3.93. The van der Waals surface area contributed by atoms with Crippen LogP contribution in [0.4, 0.5) is 0 Å². The zero-order valence-electron chi connectivity index (χ0n) is 9.37. The van der Waals surface area contributed by atoms with E-state index in [0.29, 0.717) is 10.9 Å². The molecule has 1 aromatic heterocycles. The maximum Gasteiger partial charge on any atom is 0.201 e. The van der Waals surface area contributed by atoms with Crippen LogP contribution in [0.2, 0.25) is 0 Å². The Morgan fingerprint density at radius 2 is 1.56 bits per heavy atom. The molecular weight excluding hydrogens is 206 g/mol. The molecule has 0 aliphatic heterocycles. The molecular formula is C12H13NO3. The monoisotopic (exact) mass is 219 g/mol. The van der Waals surface area contributed by atoms with E-state index < -0.39 is 5.75 Å². The summed E-state index contributed by atoms with van der Waals surface area (Å²) in [6.45, 7) is 5.62. The van der Waals surface area contributed by atoms with Gasteiger partial charge >= 0.3 is 0 Å². The number of hydrogen-bond acceptors (Lipinski definition) is 4. The minimum Gasteiger partial charge on any atom is -0.504 e. The normalized spacial score (nSPS) is 10.9. The maximum absolute atomic E-state index is 9.79. The Kier molecular flexibility index (Phi) is 2.15. The van der Waals surface area contributed by atoms with Gasteiger partial charge in [0, 0.05) is 17.1 Å². The molecule has 0 radical (unpaired) electrons. The van der Waals surface area contributed by atoms with E-state index >= 15 is 0 Å². The third-order valence-electron chi connectivity index (χ3n) is 3.00. The van der Waals surface area contributed by atoms with Crippen LogP contribution in [-0.4, -0.2) is 20.3 Å². The van der Waals surface area contributed by atoms with Crippen LogP contribution in [0.1, 0.15) is 16.8 Å². The largest absolute Gasteiger partial charge is 0.504 e. The van der Waals surface area contributed by atoms with E-state index in [0.717, 1.165) is 16.8 Å². The van der Waals surface area contributed by atoms with Crippen LogP contribution in [0.5, 0.6) is 17.2 Å². The minimum absolute atomic E-state index is 0.317. The van der Waals surface area contributed by atoms with E-state index in [-0.39, 0.29) is 11.5 Å². The Balaban J connectivity index is 3.03. The van der Waals surface area contributed by atoms with Crippen molar-refractivity contribution in [2.24, 2.45) is 0 Å². The van der Waals surface area contributed by atoms with Gasteiger partial charge in [0.05, 0.1) is 5.52 Å². The lowest BCUT2D eigenvalue weighted by Gasteiger charge is -2.11. The highest BCUT2D eigenvalue weighted by Crippen LogP contribution is 2.42. The molecule has 0 unspecified atom stereocenters. The summed E-state index contributed by atoms with van der Waals surface area (Å²) < 4.78 is 0. The number of phenolic OH excluding ortho intramolecular Hbond substituents is 3. The fourth-order valence-electron chi connectivity index (χ4n) is 1.81. The van der Waals surface area contributed by atoms with Crippen molar-refractivity contribution in [1.82, 2.24) is 4.98 Å². The Morgan fingerprint density at radius 1 is 0.938 bits per heavy atom. The second-order valence-electron chi connectivity index (χ2n) is 3.93. The number of rotatable bonds is 0. The molecule has 0 atom stereocenters. The highest BCUT2D eigenvalue weighted by molar-refractivity contribution is 5.93. The quantitative estimate of drug-likeness (QED) is 0.594. The van der Waals surface area contributed by atoms with Gasteiger partial charge in [0.25, 0.3) is 0 Å². The van der Waals surface area contributed by atoms with Crippen LogP contribution in [-0.2, 0) is 0 Å². The van der Waals surface area contributed by atoms with Crippen molar-refractivity contribution in [1.29, 1.82) is 0 Å². The number of fused-ring (bicyclic) bond motifs is 1. The minimum atomic E-state index is -0.499. The van der Waals surface area contributed by atoms with Crippen LogP contribution in [0.25, 0.3) is 10.9 Å². The van der Waals surface area contributed by atoms with Gasteiger partial charge in [-0.2, -0.15) is 0 Å². The van der Waals surface area contributed by atoms with E-state index in [9.17, 15) is 15.3 Å². The fourth-order valence-corrected chi connectivity index (χ4v) is 1.81. The summed E-state index contributed by atoms with van der Waals surface area (Å²) in [5.74, 6) is -1.18. The summed E-state index contributed by atoms with van der Waals surface area (Å²) in [5.41, 5.74) is 3.14. The Bertz CT molecular complexity index is 542. The molecule has 0 aliphatic rings. The molecule has 4 nitrogen and oxygen atoms in total. The first-order chi connectivity index (χ1) is 7.43. The molecule has 0 fully saturated rings. The number of nitrogens with zero attached hydrogens (tertiary/aromatic N) is 1. The van der Waals surface area contributed by atoms with Crippen molar-refractivity contribution in [3.63, 3.8) is 0 Å². The van der Waals surface area contributed by atoms with Gasteiger partial charge < -0.3 is 15.3 Å². The average molecular weight is 219 g/mol. The van der Waals surface area contributed by atoms with E-state index in [1.165, 1.54) is 6.07 Å². The van der Waals surface area contributed by atoms with Gasteiger partial charge in [0.15, 0.2) is 11.5 Å². The van der Waals surface area contributed by atoms with E-state index in [4.69, 9.17) is 0 Å². The topological polar surface area (TPSA) is 73.6 Å². The molecule has 1 heterocycles. The zero-order valence-corrected chi connectivity index (χ0v) is 9.37. The lowest BCUT2D eigenvalue weighted by atomic mass is 10.0. The van der Waals surface area contributed by atoms with Crippen molar-refractivity contribution in [2.45, 2.75) is 20.8 Å². The predicted molar refractivity (Wildman–Crippen MR) is 60.9 cm³/mol. The molecule has 3 N–H and O–H groups in total. The number of aromatic nitrogens is 1. The predicted octanol–water partition coefficient (Wildman–Crippen LogP) is 2.28. The van der Waals surface area contributed by atoms with Gasteiger partial charge in [-0.15, -0.1) is 0 Å². The van der Waals surface area contributed by atoms with Crippen molar-refractivity contribution in [2.75, 3.05) is 0 Å². The summed E-state index contributed by atoms with van der Waals surface area (Å²) in [6, 6.07) is 1.35. The van der Waals surface area contributed by atoms with Crippen molar-refractivity contribution in [3.8, 4) is 17.2 Å². The summed E-state index contributed by atoms with van der Waals surface area (Å²) in [7, 11) is 0. The van der Waals surface area contributed by atoms with E-state index in [2.05, 4.69) is 4.98 Å². The lowest BCUT2D eigenvalue weighted by molar-refractivity contribution is 0.371. The fraction of sp³-hybridized carbons (Fsp3) is 0.250. The second kappa shape index (κ2) is 3.27. The Labute approximate surface area is 92.8 Å². The first-order valence-corrected chi connectivity index (χ1v) is 4.95. The number of pyridine rings is 1. The van der Waals surface area contributed by atoms with Crippen LogP contribution < -0.4 is 0 Å². The molecule has 0 amide bonds. The molecule has 2 aromatic rings. The molecule has 0 spiro atoms. The highest BCUT2D eigenvalue weighted by Gasteiger charge is 2.16. The van der Waals surface area contributed by atoms with E-state index in [1.54, 1.807) is 0 Å². The van der Waals surface area contributed by atoms with Gasteiger partial charge in [-0.05, 0) is 31.9 Å². The highest BCUT2D eigenvalue weighted by atomic mass is 16.3. The molecule has 0 saturated carbocycles. The average Bonchev–Trinajstić information content (AvgIpc) is 2.23. The number of hydrogen-bond donors (Lipinski definition) is 3. The maximum atomic E-state index is 9.79. The lowest BCUT2D eigenvalue weighted by Crippen LogP contribution is -1.94. The van der Waals surface area contributed by atoms with Crippen molar-refractivity contribution < 1.29 is 15.3 Å². The Morgan fingerprint density at radius 3 is 2.19 bits per heavy atom. The standard InChI is InChI=1S/C12H13NO3/c1-5-6(2)10-8(13-7(5)3)4-9(14)11(15)12(10)16/h4,14-16H,1-3H3. The molecule has 0 saturated heterocycles. The van der Waals surface area contributed by atoms with Crippen LogP contribution >= 0.6 is 0 Å². The van der Waals surface area contributed by atoms with Gasteiger partial charge in [-0.25, -0.2) is 0 Å². The van der Waals surface area contributed by atoms with Gasteiger partial charge in [-0.1, -0.05) is 0 Å². The SMILES string of the molecule is Cc1nc2cc(O)c(O)c(O)c2c(C)c1C. The molecule has 4 heteroatoms. The third-order valence-corrected chi connectivity index (χ3v) is 3.00. The number of phenols is 3. The Hall–Kier alpha value is -1.97. The molecule has 1 aromatic carbocycles. The summed E-state index contributed by atoms with van der Waals surface area (Å²) in [5, 5.41) is 29.1. The third kappa shape index (κ3) is 1.26. The van der Waals surface area contributed by atoms with Crippen molar-refractivity contribution >= 4 is 10.9 Å². The molecule has 0 bridgehead atoms. The summed E-state index contributed by atoms with van der Waals surface area (Å²) in [4.78, 5) is 4.27. The van der Waals surface area contributed by atoms with Gasteiger partial charge in [0.1, 0.15) is 0 Å². The molecule has 2 rings (SSSR count). The first kappa shape index (κ1) is 10.5. The molecule has 84 valence electrons. The zero-order chi connectivity index (χ0) is 12.0. The smallest absolute Gasteiger partial charge is 0.201 e. The van der Waals surface area contributed by atoms with Crippen molar-refractivity contribution in [3.05, 3.63) is 22.9 Å². The van der Waals surface area contributed by atoms with Gasteiger partial charge in [0.2, 0.25) is 5.75 Å². The van der Waals surface area contributed by atoms with Crippen LogP contribution in [0.3, 0.4) is 0 Å². The van der Waals surface area contributed by atoms with Gasteiger partial charge in [-0.3, -0.25) is 4.98 Å². The van der Waals surface area contributed by atoms with E-state index in [1.807, 2.05) is 20.8 Å². The van der Waals surface area contributed by atoms with Crippen LogP contribution in [0, 0.1) is 20.8 Å². The molecule has 0 aliphatic carbocycles. The first-order valence-electron chi connectivity index (χ1n) is 4.95. The number of benzene rings is 1. The van der Waals surface area contributed by atoms with Crippen LogP contribution in [0.15, 0.2) is 6.07 Å². The number of aromatic hydroxyl groups is 3. The molecule has 16 heavy (non-hydrogen) atoms.